The number of aryl methyl sites for hydroxylation is 1. The summed E-state index contributed by atoms with van der Waals surface area (Å²) < 4.78 is 24.5. The molecule has 0 fully saturated rings. The number of thioether (sulfide) groups is 1. The minimum Gasteiger partial charge on any atom is -0.359 e. The van der Waals surface area contributed by atoms with Gasteiger partial charge in [-0.2, -0.15) is 13.8 Å². The quantitative estimate of drug-likeness (QED) is 0.625. The van der Waals surface area contributed by atoms with E-state index in [-0.39, 0.29) is 0 Å². The van der Waals surface area contributed by atoms with Crippen LogP contribution in [0.5, 0.6) is 0 Å². The predicted octanol–water partition coefficient (Wildman–Crippen LogP) is 3.89. The lowest BCUT2D eigenvalue weighted by Crippen LogP contribution is -2.06. The molecule has 22 heavy (non-hydrogen) atoms. The number of hydrogen-bond donors (Lipinski definition) is 2. The Morgan fingerprint density at radius 3 is 2.68 bits per heavy atom. The van der Waals surface area contributed by atoms with Crippen molar-refractivity contribution in [2.45, 2.75) is 17.6 Å². The molecule has 4 nitrogen and oxygen atoms in total. The van der Waals surface area contributed by atoms with E-state index in [0.29, 0.717) is 40.7 Å². The number of halogens is 2. The number of anilines is 3. The maximum absolute atomic E-state index is 12.3. The molecule has 0 aliphatic carbocycles. The Kier molecular flexibility index (Phi) is 5.55. The molecule has 0 aliphatic heterocycles. The molecule has 0 amide bonds. The molecule has 0 spiro atoms. The molecule has 114 valence electrons. The summed E-state index contributed by atoms with van der Waals surface area (Å²) in [6.45, 7) is 2.25. The van der Waals surface area contributed by atoms with E-state index in [4.69, 9.17) is 6.42 Å². The maximum Gasteiger partial charge on any atom is 0.288 e. The summed E-state index contributed by atoms with van der Waals surface area (Å²) in [5.41, 5.74) is 1.59. The lowest BCUT2D eigenvalue weighted by molar-refractivity contribution is 0.252. The van der Waals surface area contributed by atoms with Gasteiger partial charge in [0, 0.05) is 22.3 Å². The molecular formula is C15H14F2N4S. The van der Waals surface area contributed by atoms with Crippen LogP contribution in [0.4, 0.5) is 26.2 Å². The zero-order valence-corrected chi connectivity index (χ0v) is 12.6. The molecule has 1 aromatic heterocycles. The van der Waals surface area contributed by atoms with Crippen molar-refractivity contribution in [2.24, 2.45) is 0 Å². The summed E-state index contributed by atoms with van der Waals surface area (Å²) in [6, 6.07) is 6.63. The Hall–Kier alpha value is -2.33. The molecule has 0 saturated carbocycles. The number of rotatable bonds is 6. The third-order valence-corrected chi connectivity index (χ3v) is 3.39. The summed E-state index contributed by atoms with van der Waals surface area (Å²) in [7, 11) is 0. The van der Waals surface area contributed by atoms with Gasteiger partial charge in [-0.15, -0.1) is 6.42 Å². The highest BCUT2D eigenvalue weighted by atomic mass is 32.2. The van der Waals surface area contributed by atoms with E-state index in [2.05, 4.69) is 26.5 Å². The van der Waals surface area contributed by atoms with Gasteiger partial charge in [0.15, 0.2) is 0 Å². The second-order valence-corrected chi connectivity index (χ2v) is 5.37. The Balaban J connectivity index is 2.08. The third-order valence-electron chi connectivity index (χ3n) is 2.67. The Labute approximate surface area is 131 Å². The third kappa shape index (κ3) is 4.60. The number of hydrogen-bond acceptors (Lipinski definition) is 5. The number of terminal acetylenes is 1. The Morgan fingerprint density at radius 2 is 2.05 bits per heavy atom. The van der Waals surface area contributed by atoms with Crippen molar-refractivity contribution in [3.05, 3.63) is 36.0 Å². The van der Waals surface area contributed by atoms with Gasteiger partial charge in [-0.1, -0.05) is 17.7 Å². The van der Waals surface area contributed by atoms with E-state index >= 15 is 0 Å². The fourth-order valence-electron chi connectivity index (χ4n) is 1.66. The van der Waals surface area contributed by atoms with Crippen LogP contribution < -0.4 is 10.6 Å². The largest absolute Gasteiger partial charge is 0.359 e. The van der Waals surface area contributed by atoms with Gasteiger partial charge in [-0.25, -0.2) is 4.98 Å². The number of aromatic nitrogens is 2. The zero-order valence-electron chi connectivity index (χ0n) is 11.8. The maximum atomic E-state index is 12.3. The molecule has 0 unspecified atom stereocenters. The van der Waals surface area contributed by atoms with Gasteiger partial charge in [0.25, 0.3) is 5.76 Å². The highest BCUT2D eigenvalue weighted by Crippen LogP contribution is 2.26. The zero-order chi connectivity index (χ0) is 15.9. The SMILES string of the molecule is C#CCNc1nc(Nc2ccc(SC(F)F)cc2)ncc1C. The van der Waals surface area contributed by atoms with Crippen LogP contribution in [0.3, 0.4) is 0 Å². The fourth-order valence-corrected chi connectivity index (χ4v) is 2.16. The standard InChI is InChI=1S/C15H14F2N4S/c1-3-8-18-13-10(2)9-19-15(21-13)20-11-4-6-12(7-5-11)22-14(16)17/h1,4-7,9,14H,8H2,2H3,(H2,18,19,20,21). The highest BCUT2D eigenvalue weighted by molar-refractivity contribution is 7.99. The topological polar surface area (TPSA) is 49.8 Å². The van der Waals surface area contributed by atoms with Crippen LogP contribution in [0.2, 0.25) is 0 Å². The van der Waals surface area contributed by atoms with Gasteiger partial charge in [0.1, 0.15) is 5.82 Å². The van der Waals surface area contributed by atoms with E-state index in [1.807, 2.05) is 6.92 Å². The molecule has 0 saturated heterocycles. The Bertz CT molecular complexity index is 668. The second kappa shape index (κ2) is 7.61. The molecule has 2 N–H and O–H groups in total. The molecule has 7 heteroatoms. The van der Waals surface area contributed by atoms with Crippen molar-refractivity contribution in [2.75, 3.05) is 17.2 Å². The van der Waals surface area contributed by atoms with E-state index in [0.717, 1.165) is 5.56 Å². The monoisotopic (exact) mass is 320 g/mol. The van der Waals surface area contributed by atoms with E-state index in [1.165, 1.54) is 0 Å². The van der Waals surface area contributed by atoms with Crippen molar-refractivity contribution in [3.8, 4) is 12.3 Å². The predicted molar refractivity (Wildman–Crippen MR) is 85.7 cm³/mol. The number of nitrogens with one attached hydrogen (secondary N) is 2. The molecule has 1 heterocycles. The smallest absolute Gasteiger partial charge is 0.288 e. The van der Waals surface area contributed by atoms with Gasteiger partial charge in [0.05, 0.1) is 6.54 Å². The van der Waals surface area contributed by atoms with Crippen molar-refractivity contribution in [3.63, 3.8) is 0 Å². The summed E-state index contributed by atoms with van der Waals surface area (Å²) in [5.74, 6) is 1.11. The first-order valence-electron chi connectivity index (χ1n) is 6.41. The number of benzene rings is 1. The van der Waals surface area contributed by atoms with Gasteiger partial charge >= 0.3 is 0 Å². The first kappa shape index (κ1) is 16.0. The van der Waals surface area contributed by atoms with Crippen LogP contribution >= 0.6 is 11.8 Å². The van der Waals surface area contributed by atoms with Crippen LogP contribution in [0.15, 0.2) is 35.4 Å². The van der Waals surface area contributed by atoms with Crippen LogP contribution in [-0.2, 0) is 0 Å². The van der Waals surface area contributed by atoms with Crippen LogP contribution in [0, 0.1) is 19.3 Å². The highest BCUT2D eigenvalue weighted by Gasteiger charge is 2.06. The molecule has 0 aliphatic rings. The fraction of sp³-hybridized carbons (Fsp3) is 0.200. The number of alkyl halides is 2. The van der Waals surface area contributed by atoms with Gasteiger partial charge in [0.2, 0.25) is 5.95 Å². The van der Waals surface area contributed by atoms with E-state index in [9.17, 15) is 8.78 Å². The summed E-state index contributed by atoms with van der Waals surface area (Å²) >= 11 is 0.506. The molecular weight excluding hydrogens is 306 g/mol. The molecule has 0 atom stereocenters. The summed E-state index contributed by atoms with van der Waals surface area (Å²) in [5, 5.41) is 6.02. The van der Waals surface area contributed by atoms with Crippen molar-refractivity contribution in [1.29, 1.82) is 0 Å². The van der Waals surface area contributed by atoms with Crippen molar-refractivity contribution < 1.29 is 8.78 Å². The van der Waals surface area contributed by atoms with E-state index in [1.54, 1.807) is 30.5 Å². The van der Waals surface area contributed by atoms with Crippen molar-refractivity contribution >= 4 is 29.2 Å². The minimum absolute atomic E-state index is 0.372. The van der Waals surface area contributed by atoms with Crippen LogP contribution in [0.25, 0.3) is 0 Å². The normalized spacial score (nSPS) is 10.3. The second-order valence-electron chi connectivity index (χ2n) is 4.31. The van der Waals surface area contributed by atoms with Gasteiger partial charge < -0.3 is 10.6 Å². The minimum atomic E-state index is -2.43. The number of nitrogens with zero attached hydrogens (tertiary/aromatic N) is 2. The lowest BCUT2D eigenvalue weighted by Gasteiger charge is -2.09. The Morgan fingerprint density at radius 1 is 1.32 bits per heavy atom. The van der Waals surface area contributed by atoms with E-state index < -0.39 is 5.76 Å². The average Bonchev–Trinajstić information content (AvgIpc) is 2.49. The van der Waals surface area contributed by atoms with Crippen LogP contribution in [0.1, 0.15) is 5.56 Å². The van der Waals surface area contributed by atoms with Gasteiger partial charge in [-0.3, -0.25) is 0 Å². The van der Waals surface area contributed by atoms with Crippen LogP contribution in [-0.4, -0.2) is 22.3 Å². The molecule has 2 aromatic rings. The summed E-state index contributed by atoms with van der Waals surface area (Å²) in [4.78, 5) is 9.00. The molecule has 0 radical (unpaired) electrons. The lowest BCUT2D eigenvalue weighted by atomic mass is 10.3. The first-order chi connectivity index (χ1) is 10.6. The summed E-state index contributed by atoms with van der Waals surface area (Å²) in [6.07, 6.45) is 6.89. The molecule has 1 aromatic carbocycles. The molecule has 2 rings (SSSR count). The average molecular weight is 320 g/mol. The molecule has 0 bridgehead atoms. The first-order valence-corrected chi connectivity index (χ1v) is 7.29. The van der Waals surface area contributed by atoms with Gasteiger partial charge in [-0.05, 0) is 31.2 Å². The van der Waals surface area contributed by atoms with Crippen molar-refractivity contribution in [1.82, 2.24) is 9.97 Å².